The highest BCUT2D eigenvalue weighted by Gasteiger charge is 2.16. The molecule has 0 aliphatic heterocycles. The Kier molecular flexibility index (Phi) is 8.15. The third kappa shape index (κ3) is 7.91. The molecule has 0 saturated heterocycles. The molecule has 19 heavy (non-hydrogen) atoms. The number of aliphatic carboxylic acids is 1. The largest absolute Gasteiger partial charge is 0.480 e. The summed E-state index contributed by atoms with van der Waals surface area (Å²) in [4.78, 5) is 20.6. The molecule has 0 aliphatic rings. The minimum Gasteiger partial charge on any atom is -0.480 e. The molecule has 0 amide bonds. The Labute approximate surface area is 111 Å². The number of rotatable bonds is 4. The van der Waals surface area contributed by atoms with Crippen LogP contribution in [-0.4, -0.2) is 41.4 Å². The monoisotopic (exact) mass is 269 g/mol. The van der Waals surface area contributed by atoms with Crippen molar-refractivity contribution in [2.24, 2.45) is 5.73 Å². The van der Waals surface area contributed by atoms with Gasteiger partial charge < -0.3 is 20.7 Å². The lowest BCUT2D eigenvalue weighted by Gasteiger charge is -2.06. The number of carboxylic acids is 1. The first-order chi connectivity index (χ1) is 8.88. The number of hydrogen-bond donors (Lipinski definition) is 3. The van der Waals surface area contributed by atoms with E-state index in [0.717, 1.165) is 5.56 Å². The summed E-state index contributed by atoms with van der Waals surface area (Å²) in [7, 11) is 1.39. The Hall–Kier alpha value is -1.92. The molecule has 0 saturated carbocycles. The normalized spacial score (nSPS) is 12.6. The summed E-state index contributed by atoms with van der Waals surface area (Å²) in [6.07, 6.45) is -0.621. The van der Waals surface area contributed by atoms with E-state index in [2.05, 4.69) is 4.74 Å². The van der Waals surface area contributed by atoms with Gasteiger partial charge in [0.25, 0.3) is 0 Å². The molecular weight excluding hydrogens is 250 g/mol. The quantitative estimate of drug-likeness (QED) is 0.673. The van der Waals surface area contributed by atoms with E-state index in [1.165, 1.54) is 14.0 Å². The van der Waals surface area contributed by atoms with Crippen LogP contribution in [0, 0.1) is 0 Å². The Balaban J connectivity index is 0.000000362. The van der Waals surface area contributed by atoms with Crippen LogP contribution >= 0.6 is 0 Å². The predicted octanol–water partition coefficient (Wildman–Crippen LogP) is 0.181. The number of aliphatic hydroxyl groups excluding tert-OH is 1. The van der Waals surface area contributed by atoms with E-state index in [1.54, 1.807) is 0 Å². The molecule has 4 N–H and O–H groups in total. The van der Waals surface area contributed by atoms with Crippen molar-refractivity contribution in [1.82, 2.24) is 0 Å². The smallest absolute Gasteiger partial charge is 0.323 e. The molecule has 0 aromatic heterocycles. The Morgan fingerprint density at radius 3 is 2.16 bits per heavy atom. The van der Waals surface area contributed by atoms with Crippen LogP contribution in [-0.2, 0) is 20.7 Å². The van der Waals surface area contributed by atoms with E-state index in [0.29, 0.717) is 6.42 Å². The minimum atomic E-state index is -1.18. The van der Waals surface area contributed by atoms with Crippen molar-refractivity contribution in [1.29, 1.82) is 0 Å². The summed E-state index contributed by atoms with van der Waals surface area (Å²) in [6, 6.07) is 8.36. The van der Waals surface area contributed by atoms with Crippen LogP contribution < -0.4 is 5.73 Å². The molecule has 0 heterocycles. The van der Waals surface area contributed by atoms with Crippen LogP contribution in [0.1, 0.15) is 12.5 Å². The van der Waals surface area contributed by atoms with Crippen molar-refractivity contribution < 1.29 is 24.5 Å². The first-order valence-electron chi connectivity index (χ1n) is 5.65. The Bertz CT molecular complexity index is 391. The van der Waals surface area contributed by atoms with E-state index in [9.17, 15) is 9.59 Å². The second kappa shape index (κ2) is 9.07. The van der Waals surface area contributed by atoms with Crippen molar-refractivity contribution in [3.05, 3.63) is 35.9 Å². The summed E-state index contributed by atoms with van der Waals surface area (Å²) < 4.78 is 4.52. The maximum atomic E-state index is 10.8. The molecule has 6 nitrogen and oxygen atoms in total. The van der Waals surface area contributed by atoms with E-state index >= 15 is 0 Å². The molecule has 2 atom stereocenters. The fraction of sp³-hybridized carbons (Fsp3) is 0.385. The van der Waals surface area contributed by atoms with Gasteiger partial charge in [0.1, 0.15) is 6.04 Å². The fourth-order valence-electron chi connectivity index (χ4n) is 1.04. The van der Waals surface area contributed by atoms with Crippen molar-refractivity contribution in [3.63, 3.8) is 0 Å². The van der Waals surface area contributed by atoms with E-state index < -0.39 is 18.1 Å². The van der Waals surface area contributed by atoms with Crippen LogP contribution in [0.15, 0.2) is 30.3 Å². The SMILES string of the molecule is CC(O)C(N)C(=O)O.COC(=O)Cc1ccccc1. The summed E-state index contributed by atoms with van der Waals surface area (Å²) >= 11 is 0. The molecule has 1 aromatic carbocycles. The molecule has 6 heteroatoms. The van der Waals surface area contributed by atoms with Crippen LogP contribution in [0.2, 0.25) is 0 Å². The molecule has 0 spiro atoms. The number of carboxylic acid groups (broad SMARTS) is 1. The molecule has 1 aromatic rings. The van der Waals surface area contributed by atoms with Gasteiger partial charge in [-0.25, -0.2) is 0 Å². The standard InChI is InChI=1S/C9H10O2.C4H9NO3/c1-11-9(10)7-8-5-3-2-4-6-8;1-2(6)3(5)4(7)8/h2-6H,7H2,1H3;2-3,6H,5H2,1H3,(H,7,8). The first-order valence-corrected chi connectivity index (χ1v) is 5.65. The van der Waals surface area contributed by atoms with Crippen molar-refractivity contribution in [3.8, 4) is 0 Å². The van der Waals surface area contributed by atoms with Gasteiger partial charge in [-0.1, -0.05) is 30.3 Å². The third-order valence-electron chi connectivity index (χ3n) is 2.22. The molecule has 0 fully saturated rings. The van der Waals surface area contributed by atoms with Crippen LogP contribution in [0.5, 0.6) is 0 Å². The molecule has 0 aliphatic carbocycles. The van der Waals surface area contributed by atoms with Gasteiger partial charge in [-0.15, -0.1) is 0 Å². The molecule has 1 rings (SSSR count). The number of carbonyl (C=O) groups is 2. The topological polar surface area (TPSA) is 110 Å². The number of aliphatic hydroxyl groups is 1. The number of benzene rings is 1. The van der Waals surface area contributed by atoms with Crippen LogP contribution in [0.4, 0.5) is 0 Å². The third-order valence-corrected chi connectivity index (χ3v) is 2.22. The second-order valence-corrected chi connectivity index (χ2v) is 3.84. The van der Waals surface area contributed by atoms with Gasteiger partial charge in [0.2, 0.25) is 0 Å². The number of ether oxygens (including phenoxy) is 1. The van der Waals surface area contributed by atoms with E-state index in [1.807, 2.05) is 30.3 Å². The number of esters is 1. The van der Waals surface area contributed by atoms with Gasteiger partial charge in [0.15, 0.2) is 0 Å². The molecule has 0 radical (unpaired) electrons. The maximum absolute atomic E-state index is 10.8. The zero-order valence-corrected chi connectivity index (χ0v) is 10.9. The zero-order valence-electron chi connectivity index (χ0n) is 10.9. The van der Waals surface area contributed by atoms with Crippen LogP contribution in [0.25, 0.3) is 0 Å². The van der Waals surface area contributed by atoms with Gasteiger partial charge >= 0.3 is 11.9 Å². The molecule has 2 unspecified atom stereocenters. The van der Waals surface area contributed by atoms with E-state index in [-0.39, 0.29) is 5.97 Å². The molecular formula is C13H19NO5. The Morgan fingerprint density at radius 2 is 1.84 bits per heavy atom. The molecule has 106 valence electrons. The summed E-state index contributed by atoms with van der Waals surface area (Å²) in [5, 5.41) is 16.6. The predicted molar refractivity (Wildman–Crippen MR) is 69.5 cm³/mol. The minimum absolute atomic E-state index is 0.198. The highest BCUT2D eigenvalue weighted by molar-refractivity contribution is 5.73. The Morgan fingerprint density at radius 1 is 1.32 bits per heavy atom. The van der Waals surface area contributed by atoms with Gasteiger partial charge in [-0.3, -0.25) is 9.59 Å². The molecule has 0 bridgehead atoms. The number of carbonyl (C=O) groups excluding carboxylic acids is 1. The lowest BCUT2D eigenvalue weighted by molar-refractivity contribution is -0.141. The summed E-state index contributed by atoms with van der Waals surface area (Å²) in [5.74, 6) is -1.38. The lowest BCUT2D eigenvalue weighted by Crippen LogP contribution is -2.39. The van der Waals surface area contributed by atoms with Gasteiger partial charge in [-0.2, -0.15) is 0 Å². The fourth-order valence-corrected chi connectivity index (χ4v) is 1.04. The lowest BCUT2D eigenvalue weighted by atomic mass is 10.2. The van der Waals surface area contributed by atoms with Crippen LogP contribution in [0.3, 0.4) is 0 Å². The average Bonchev–Trinajstić information content (AvgIpc) is 2.39. The second-order valence-electron chi connectivity index (χ2n) is 3.84. The number of nitrogens with two attached hydrogens (primary N) is 1. The first kappa shape index (κ1) is 17.1. The summed E-state index contributed by atoms with van der Waals surface area (Å²) in [6.45, 7) is 1.33. The number of methoxy groups -OCH3 is 1. The highest BCUT2D eigenvalue weighted by Crippen LogP contribution is 1.99. The van der Waals surface area contributed by atoms with Crippen molar-refractivity contribution in [2.45, 2.75) is 25.5 Å². The average molecular weight is 269 g/mol. The zero-order chi connectivity index (χ0) is 14.8. The van der Waals surface area contributed by atoms with Crippen molar-refractivity contribution >= 4 is 11.9 Å². The highest BCUT2D eigenvalue weighted by atomic mass is 16.5. The van der Waals surface area contributed by atoms with Gasteiger partial charge in [-0.05, 0) is 12.5 Å². The van der Waals surface area contributed by atoms with Gasteiger partial charge in [0.05, 0.1) is 19.6 Å². The van der Waals surface area contributed by atoms with Crippen molar-refractivity contribution in [2.75, 3.05) is 7.11 Å². The van der Waals surface area contributed by atoms with E-state index in [4.69, 9.17) is 15.9 Å². The summed E-state index contributed by atoms with van der Waals surface area (Å²) in [5.41, 5.74) is 5.90. The number of hydrogen-bond acceptors (Lipinski definition) is 5. The van der Waals surface area contributed by atoms with Gasteiger partial charge in [0, 0.05) is 0 Å². The maximum Gasteiger partial charge on any atom is 0.323 e.